The van der Waals surface area contributed by atoms with Crippen molar-refractivity contribution in [3.8, 4) is 0 Å². The number of benzene rings is 1. The highest BCUT2D eigenvalue weighted by Crippen LogP contribution is 2.31. The Kier molecular flexibility index (Phi) is 2.03. The van der Waals surface area contributed by atoms with Gasteiger partial charge in [-0.2, -0.15) is 0 Å². The Morgan fingerprint density at radius 3 is 2.90 bits per heavy atom. The van der Waals surface area contributed by atoms with Gasteiger partial charge in [0.15, 0.2) is 0 Å². The molecular weight excluding hydrogens is 265 g/mol. The number of nitrogen functional groups attached to an aromatic ring is 1. The van der Waals surface area contributed by atoms with Gasteiger partial charge < -0.3 is 10.6 Å². The third-order valence-corrected chi connectivity index (χ3v) is 3.30. The van der Waals surface area contributed by atoms with Crippen molar-refractivity contribution in [1.82, 2.24) is 10.2 Å². The molecule has 1 aromatic carbocycles. The predicted octanol–water partition coefficient (Wildman–Crippen LogP) is 0.169. The molecule has 6 nitrogen and oxygen atoms in total. The maximum absolute atomic E-state index is 13.8. The molecule has 1 saturated heterocycles. The van der Waals surface area contributed by atoms with Gasteiger partial charge in [-0.1, -0.05) is 0 Å². The standard InChI is InChI=1S/C13H12FN3O3/c14-6-3-7-8(9(15)4-6)5-17(13(7)20)10-1-2-11(18)16-12(10)19/h3-4,10H,1-2,5,15H2,(H,16,18,19)/i3D,4D,5D. The number of rotatable bonds is 1. The van der Waals surface area contributed by atoms with E-state index >= 15 is 0 Å². The summed E-state index contributed by atoms with van der Waals surface area (Å²) in [5.41, 5.74) is 4.70. The van der Waals surface area contributed by atoms with Crippen LogP contribution in [-0.2, 0) is 16.1 Å². The summed E-state index contributed by atoms with van der Waals surface area (Å²) in [5, 5.41) is 2.08. The van der Waals surface area contributed by atoms with E-state index in [1.54, 1.807) is 0 Å². The van der Waals surface area contributed by atoms with Crippen molar-refractivity contribution in [2.24, 2.45) is 0 Å². The van der Waals surface area contributed by atoms with Crippen LogP contribution in [0.25, 0.3) is 0 Å². The Balaban J connectivity index is 2.10. The maximum Gasteiger partial charge on any atom is 0.255 e. The van der Waals surface area contributed by atoms with Gasteiger partial charge in [-0.3, -0.25) is 19.7 Å². The fourth-order valence-electron chi connectivity index (χ4n) is 2.34. The number of anilines is 1. The Labute approximate surface area is 117 Å². The number of hydrogen-bond donors (Lipinski definition) is 2. The summed E-state index contributed by atoms with van der Waals surface area (Å²) in [6.45, 7) is -1.43. The molecule has 3 N–H and O–H groups in total. The van der Waals surface area contributed by atoms with Crippen LogP contribution < -0.4 is 11.1 Å². The minimum atomic E-state index is -1.43. The fourth-order valence-corrected chi connectivity index (χ4v) is 2.34. The van der Waals surface area contributed by atoms with Crippen LogP contribution in [0.3, 0.4) is 0 Å². The van der Waals surface area contributed by atoms with Gasteiger partial charge in [0.25, 0.3) is 5.91 Å². The number of nitrogens with one attached hydrogen (secondary N) is 1. The summed E-state index contributed by atoms with van der Waals surface area (Å²) in [4.78, 5) is 36.5. The van der Waals surface area contributed by atoms with E-state index in [1.807, 2.05) is 0 Å². The summed E-state index contributed by atoms with van der Waals surface area (Å²) >= 11 is 0. The van der Waals surface area contributed by atoms with Gasteiger partial charge in [-0.25, -0.2) is 4.39 Å². The van der Waals surface area contributed by atoms with E-state index in [-0.39, 0.29) is 18.4 Å². The van der Waals surface area contributed by atoms with E-state index in [4.69, 9.17) is 9.85 Å². The first-order valence-corrected chi connectivity index (χ1v) is 5.92. The Hall–Kier alpha value is -2.44. The molecule has 20 heavy (non-hydrogen) atoms. The highest BCUT2D eigenvalue weighted by molar-refractivity contribution is 6.06. The van der Waals surface area contributed by atoms with Crippen LogP contribution in [-0.4, -0.2) is 28.7 Å². The molecule has 2 heterocycles. The van der Waals surface area contributed by atoms with E-state index in [0.29, 0.717) is 0 Å². The zero-order valence-corrected chi connectivity index (χ0v) is 10.2. The first-order chi connectivity index (χ1) is 10.8. The molecule has 0 aliphatic carbocycles. The molecule has 2 unspecified atom stereocenters. The van der Waals surface area contributed by atoms with E-state index < -0.39 is 59.4 Å². The summed E-state index contributed by atoms with van der Waals surface area (Å²) in [7, 11) is 0. The minimum absolute atomic E-state index is 0.00449. The molecule has 3 amide bonds. The van der Waals surface area contributed by atoms with Crippen molar-refractivity contribution in [1.29, 1.82) is 0 Å². The molecule has 0 aromatic heterocycles. The summed E-state index contributed by atoms with van der Waals surface area (Å²) < 4.78 is 37.2. The first-order valence-electron chi connectivity index (χ1n) is 7.50. The molecule has 2 aliphatic rings. The van der Waals surface area contributed by atoms with Gasteiger partial charge in [-0.15, -0.1) is 0 Å². The number of nitrogens with zero attached hydrogens (tertiary/aromatic N) is 1. The van der Waals surface area contributed by atoms with Crippen molar-refractivity contribution in [2.45, 2.75) is 25.4 Å². The molecule has 1 fully saturated rings. The van der Waals surface area contributed by atoms with E-state index in [1.165, 1.54) is 0 Å². The van der Waals surface area contributed by atoms with Crippen molar-refractivity contribution in [3.05, 3.63) is 29.0 Å². The van der Waals surface area contributed by atoms with Crippen LogP contribution in [0, 0.1) is 5.82 Å². The number of piperidine rings is 1. The lowest BCUT2D eigenvalue weighted by Gasteiger charge is -2.29. The average molecular weight is 280 g/mol. The molecule has 0 bridgehead atoms. The molecule has 3 rings (SSSR count). The quantitative estimate of drug-likeness (QED) is 0.566. The fraction of sp³-hybridized carbons (Fsp3) is 0.308. The van der Waals surface area contributed by atoms with Gasteiger partial charge in [0.1, 0.15) is 11.9 Å². The normalized spacial score (nSPS) is 27.8. The molecule has 104 valence electrons. The second kappa shape index (κ2) is 4.29. The second-order valence-corrected chi connectivity index (χ2v) is 4.57. The smallest absolute Gasteiger partial charge is 0.255 e. The van der Waals surface area contributed by atoms with Crippen molar-refractivity contribution < 1.29 is 22.9 Å². The Morgan fingerprint density at radius 1 is 1.45 bits per heavy atom. The lowest BCUT2D eigenvalue weighted by molar-refractivity contribution is -0.136. The number of imide groups is 1. The number of amides is 3. The number of nitrogens with two attached hydrogens (primary N) is 1. The highest BCUT2D eigenvalue weighted by atomic mass is 19.1. The van der Waals surface area contributed by atoms with Gasteiger partial charge in [-0.05, 0) is 18.5 Å². The third kappa shape index (κ3) is 1.82. The van der Waals surface area contributed by atoms with E-state index in [2.05, 4.69) is 5.32 Å². The zero-order chi connectivity index (χ0) is 17.0. The van der Waals surface area contributed by atoms with E-state index in [9.17, 15) is 18.8 Å². The molecule has 0 saturated carbocycles. The Bertz CT molecular complexity index is 771. The Morgan fingerprint density at radius 2 is 2.20 bits per heavy atom. The van der Waals surface area contributed by atoms with Crippen molar-refractivity contribution in [3.63, 3.8) is 0 Å². The zero-order valence-electron chi connectivity index (χ0n) is 13.2. The lowest BCUT2D eigenvalue weighted by Crippen LogP contribution is -2.52. The maximum atomic E-state index is 13.8. The third-order valence-electron chi connectivity index (χ3n) is 3.30. The number of halogens is 1. The molecule has 7 heteroatoms. The van der Waals surface area contributed by atoms with Gasteiger partial charge in [0, 0.05) is 29.8 Å². The number of carbonyl (C=O) groups excluding carboxylic acids is 3. The van der Waals surface area contributed by atoms with Crippen LogP contribution in [0.1, 0.15) is 32.9 Å². The number of fused-ring (bicyclic) bond motifs is 1. The topological polar surface area (TPSA) is 92.5 Å². The molecule has 0 radical (unpaired) electrons. The van der Waals surface area contributed by atoms with Gasteiger partial charge in [0.2, 0.25) is 11.8 Å². The summed E-state index contributed by atoms with van der Waals surface area (Å²) in [6.07, 6.45) is 0.0355. The SMILES string of the molecule is [2H]c1c(N)c2c(c([2H])c1F)C(=O)N(C1CCC(=O)NC1=O)C2[2H]. The predicted molar refractivity (Wildman–Crippen MR) is 66.9 cm³/mol. The van der Waals surface area contributed by atoms with Crippen molar-refractivity contribution >= 4 is 23.4 Å². The largest absolute Gasteiger partial charge is 0.398 e. The average Bonchev–Trinajstić information content (AvgIpc) is 2.75. The van der Waals surface area contributed by atoms with Crippen LogP contribution in [0.5, 0.6) is 0 Å². The first kappa shape index (κ1) is 9.46. The van der Waals surface area contributed by atoms with Crippen LogP contribution in [0.2, 0.25) is 0 Å². The number of carbonyl (C=O) groups is 3. The summed E-state index contributed by atoms with van der Waals surface area (Å²) in [5.74, 6) is -3.31. The molecule has 2 aliphatic heterocycles. The minimum Gasteiger partial charge on any atom is -0.398 e. The monoisotopic (exact) mass is 280 g/mol. The van der Waals surface area contributed by atoms with Gasteiger partial charge >= 0.3 is 0 Å². The van der Waals surface area contributed by atoms with Crippen LogP contribution in [0.4, 0.5) is 10.1 Å². The van der Waals surface area contributed by atoms with Crippen LogP contribution >= 0.6 is 0 Å². The van der Waals surface area contributed by atoms with Crippen LogP contribution in [0.15, 0.2) is 12.1 Å². The lowest BCUT2D eigenvalue weighted by atomic mass is 10.0. The summed E-state index contributed by atoms with van der Waals surface area (Å²) in [6, 6.07) is -2.63. The highest BCUT2D eigenvalue weighted by Gasteiger charge is 2.39. The van der Waals surface area contributed by atoms with Crippen molar-refractivity contribution in [2.75, 3.05) is 5.73 Å². The molecule has 1 aromatic rings. The second-order valence-electron chi connectivity index (χ2n) is 4.57. The molecule has 2 atom stereocenters. The number of hydrogen-bond acceptors (Lipinski definition) is 4. The van der Waals surface area contributed by atoms with Gasteiger partial charge in [0.05, 0.1) is 4.11 Å². The molecule has 0 spiro atoms. The molecular formula is C13H12FN3O3. The van der Waals surface area contributed by atoms with E-state index in [0.717, 1.165) is 4.90 Å².